The number of carbonyl (C=O) groups is 2. The summed E-state index contributed by atoms with van der Waals surface area (Å²) in [7, 11) is 0. The summed E-state index contributed by atoms with van der Waals surface area (Å²) in [5.41, 5.74) is 2.62. The van der Waals surface area contributed by atoms with Gasteiger partial charge in [0.1, 0.15) is 5.82 Å². The molecule has 0 aliphatic carbocycles. The molecule has 1 atom stereocenters. The minimum atomic E-state index is -0.238. The third-order valence-corrected chi connectivity index (χ3v) is 5.13. The van der Waals surface area contributed by atoms with Crippen molar-refractivity contribution in [3.05, 3.63) is 29.1 Å². The lowest BCUT2D eigenvalue weighted by atomic mass is 9.92. The van der Waals surface area contributed by atoms with E-state index < -0.39 is 0 Å². The fourth-order valence-corrected chi connectivity index (χ4v) is 3.99. The Morgan fingerprint density at radius 2 is 2.04 bits per heavy atom. The molecule has 4 nitrogen and oxygen atoms in total. The molecular weight excluding hydrogens is 307 g/mol. The van der Waals surface area contributed by atoms with Gasteiger partial charge in [-0.2, -0.15) is 0 Å². The number of hydrogen-bond donors (Lipinski definition) is 0. The molecule has 1 saturated heterocycles. The Balaban J connectivity index is 1.83. The van der Waals surface area contributed by atoms with E-state index in [9.17, 15) is 14.0 Å². The number of anilines is 1. The van der Waals surface area contributed by atoms with Crippen molar-refractivity contribution in [3.8, 4) is 0 Å². The molecule has 0 radical (unpaired) electrons. The van der Waals surface area contributed by atoms with Crippen LogP contribution in [0.5, 0.6) is 0 Å². The van der Waals surface area contributed by atoms with Gasteiger partial charge in [-0.15, -0.1) is 0 Å². The number of rotatable bonds is 2. The quantitative estimate of drug-likeness (QED) is 0.835. The van der Waals surface area contributed by atoms with E-state index in [0.717, 1.165) is 49.0 Å². The van der Waals surface area contributed by atoms with Gasteiger partial charge in [-0.3, -0.25) is 9.59 Å². The first-order chi connectivity index (χ1) is 11.5. The summed E-state index contributed by atoms with van der Waals surface area (Å²) in [6.07, 6.45) is 3.82. The van der Waals surface area contributed by atoms with Crippen molar-refractivity contribution >= 4 is 17.5 Å². The van der Waals surface area contributed by atoms with Gasteiger partial charge in [0.25, 0.3) is 0 Å². The van der Waals surface area contributed by atoms with Crippen molar-refractivity contribution in [2.75, 3.05) is 24.5 Å². The lowest BCUT2D eigenvalue weighted by Crippen LogP contribution is -2.48. The predicted octanol–water partition coefficient (Wildman–Crippen LogP) is 3.06. The molecule has 24 heavy (non-hydrogen) atoms. The second-order valence-corrected chi connectivity index (χ2v) is 6.86. The molecule has 1 aromatic rings. The van der Waals surface area contributed by atoms with Crippen LogP contribution in [0.4, 0.5) is 10.1 Å². The maximum atomic E-state index is 13.7. The fourth-order valence-electron chi connectivity index (χ4n) is 3.99. The van der Waals surface area contributed by atoms with Gasteiger partial charge in [0.15, 0.2) is 0 Å². The van der Waals surface area contributed by atoms with E-state index in [4.69, 9.17) is 0 Å². The molecule has 0 bridgehead atoms. The van der Waals surface area contributed by atoms with Crippen LogP contribution in [0.15, 0.2) is 12.1 Å². The van der Waals surface area contributed by atoms with E-state index in [2.05, 4.69) is 0 Å². The largest absolute Gasteiger partial charge is 0.342 e. The van der Waals surface area contributed by atoms with E-state index in [0.29, 0.717) is 19.5 Å². The first-order valence-electron chi connectivity index (χ1n) is 8.89. The predicted molar refractivity (Wildman–Crippen MR) is 91.4 cm³/mol. The number of likely N-dealkylation sites (tertiary alicyclic amines) is 1. The average molecular weight is 332 g/mol. The zero-order valence-electron chi connectivity index (χ0n) is 14.5. The molecule has 5 heteroatoms. The molecule has 1 aromatic carbocycles. The maximum Gasteiger partial charge on any atom is 0.231 e. The summed E-state index contributed by atoms with van der Waals surface area (Å²) in [6.45, 7) is 5.65. The van der Waals surface area contributed by atoms with E-state index >= 15 is 0 Å². The first-order valence-corrected chi connectivity index (χ1v) is 8.89. The second kappa shape index (κ2) is 6.91. The summed E-state index contributed by atoms with van der Waals surface area (Å²) in [4.78, 5) is 28.7. The van der Waals surface area contributed by atoms with Gasteiger partial charge in [-0.25, -0.2) is 4.39 Å². The SMILES string of the molecule is CCC(=O)N1CCC[C@H](C(=O)N2CCCc3cc(F)cc(C)c32)C1. The Morgan fingerprint density at radius 1 is 1.25 bits per heavy atom. The molecule has 0 saturated carbocycles. The Kier molecular flexibility index (Phi) is 4.88. The molecule has 0 spiro atoms. The van der Waals surface area contributed by atoms with Crippen LogP contribution in [0, 0.1) is 18.7 Å². The van der Waals surface area contributed by atoms with Gasteiger partial charge in [0.05, 0.1) is 5.92 Å². The molecule has 0 aromatic heterocycles. The van der Waals surface area contributed by atoms with Crippen molar-refractivity contribution in [1.82, 2.24) is 4.90 Å². The van der Waals surface area contributed by atoms with Gasteiger partial charge in [-0.05, 0) is 55.9 Å². The summed E-state index contributed by atoms with van der Waals surface area (Å²) in [6, 6.07) is 3.05. The highest BCUT2D eigenvalue weighted by atomic mass is 19.1. The Labute approximate surface area is 142 Å². The van der Waals surface area contributed by atoms with Gasteiger partial charge >= 0.3 is 0 Å². The standard InChI is InChI=1S/C19H25FN2O2/c1-3-17(23)21-8-4-7-15(12-21)19(24)22-9-5-6-14-11-16(20)10-13(2)18(14)22/h10-11,15H,3-9,12H2,1-2H3/t15-/m0/s1. The topological polar surface area (TPSA) is 40.6 Å². The first kappa shape index (κ1) is 16.9. The second-order valence-electron chi connectivity index (χ2n) is 6.86. The van der Waals surface area contributed by atoms with Crippen LogP contribution < -0.4 is 4.90 Å². The van der Waals surface area contributed by atoms with Crippen LogP contribution in [-0.4, -0.2) is 36.3 Å². The smallest absolute Gasteiger partial charge is 0.231 e. The molecule has 130 valence electrons. The number of fused-ring (bicyclic) bond motifs is 1. The summed E-state index contributed by atoms with van der Waals surface area (Å²) >= 11 is 0. The van der Waals surface area contributed by atoms with Gasteiger partial charge < -0.3 is 9.80 Å². The molecule has 2 aliphatic heterocycles. The monoisotopic (exact) mass is 332 g/mol. The number of piperidine rings is 1. The highest BCUT2D eigenvalue weighted by Gasteiger charge is 2.33. The Bertz CT molecular complexity index is 659. The number of benzene rings is 1. The van der Waals surface area contributed by atoms with Crippen LogP contribution in [-0.2, 0) is 16.0 Å². The lowest BCUT2D eigenvalue weighted by Gasteiger charge is -2.37. The normalized spacial score (nSPS) is 20.7. The Morgan fingerprint density at radius 3 is 2.79 bits per heavy atom. The molecule has 3 rings (SSSR count). The number of halogens is 1. The fraction of sp³-hybridized carbons (Fsp3) is 0.579. The van der Waals surface area contributed by atoms with Crippen molar-refractivity contribution in [2.45, 2.75) is 46.0 Å². The summed E-state index contributed by atoms with van der Waals surface area (Å²) in [5.74, 6) is -0.188. The third kappa shape index (κ3) is 3.17. The van der Waals surface area contributed by atoms with Crippen molar-refractivity contribution in [2.24, 2.45) is 5.92 Å². The third-order valence-electron chi connectivity index (χ3n) is 5.13. The highest BCUT2D eigenvalue weighted by molar-refractivity contribution is 5.97. The van der Waals surface area contributed by atoms with E-state index in [1.807, 2.05) is 23.6 Å². The van der Waals surface area contributed by atoms with Crippen LogP contribution in [0.2, 0.25) is 0 Å². The molecular formula is C19H25FN2O2. The van der Waals surface area contributed by atoms with Crippen LogP contribution in [0.3, 0.4) is 0 Å². The number of nitrogens with zero attached hydrogens (tertiary/aromatic N) is 2. The van der Waals surface area contributed by atoms with Crippen molar-refractivity contribution in [3.63, 3.8) is 0 Å². The highest BCUT2D eigenvalue weighted by Crippen LogP contribution is 2.33. The molecule has 1 fully saturated rings. The van der Waals surface area contributed by atoms with Crippen LogP contribution >= 0.6 is 0 Å². The number of carbonyl (C=O) groups excluding carboxylic acids is 2. The van der Waals surface area contributed by atoms with Gasteiger partial charge in [0, 0.05) is 31.7 Å². The van der Waals surface area contributed by atoms with Crippen LogP contribution in [0.1, 0.15) is 43.7 Å². The molecule has 2 amide bonds. The lowest BCUT2D eigenvalue weighted by molar-refractivity contribution is -0.134. The number of hydrogen-bond acceptors (Lipinski definition) is 2. The zero-order chi connectivity index (χ0) is 17.3. The molecule has 2 aliphatic rings. The Hall–Kier alpha value is -1.91. The van der Waals surface area contributed by atoms with Gasteiger partial charge in [0.2, 0.25) is 11.8 Å². The van der Waals surface area contributed by atoms with E-state index in [1.54, 1.807) is 6.07 Å². The van der Waals surface area contributed by atoms with E-state index in [1.165, 1.54) is 6.07 Å². The molecule has 2 heterocycles. The maximum absolute atomic E-state index is 13.7. The van der Waals surface area contributed by atoms with Gasteiger partial charge in [-0.1, -0.05) is 6.92 Å². The minimum Gasteiger partial charge on any atom is -0.342 e. The van der Waals surface area contributed by atoms with E-state index in [-0.39, 0.29) is 23.5 Å². The average Bonchev–Trinajstić information content (AvgIpc) is 2.59. The number of amides is 2. The molecule has 0 N–H and O–H groups in total. The van der Waals surface area contributed by atoms with Crippen molar-refractivity contribution in [1.29, 1.82) is 0 Å². The number of aryl methyl sites for hydroxylation is 2. The minimum absolute atomic E-state index is 0.0826. The molecule has 0 unspecified atom stereocenters. The summed E-state index contributed by atoms with van der Waals surface area (Å²) < 4.78 is 13.7. The van der Waals surface area contributed by atoms with Crippen LogP contribution in [0.25, 0.3) is 0 Å². The van der Waals surface area contributed by atoms with Crippen molar-refractivity contribution < 1.29 is 14.0 Å². The zero-order valence-corrected chi connectivity index (χ0v) is 14.5. The summed E-state index contributed by atoms with van der Waals surface area (Å²) in [5, 5.41) is 0.